The van der Waals surface area contributed by atoms with Gasteiger partial charge in [0.2, 0.25) is 41.4 Å². The molecule has 0 spiro atoms. The molecule has 0 saturated heterocycles. The van der Waals surface area contributed by atoms with E-state index < -0.39 is 103 Å². The van der Waals surface area contributed by atoms with Crippen molar-refractivity contribution in [2.45, 2.75) is 116 Å². The first-order valence-electron chi connectivity index (χ1n) is 18.9. The maximum Gasteiger partial charge on any atom is 0.326 e. The van der Waals surface area contributed by atoms with Crippen LogP contribution in [-0.2, 0) is 44.8 Å². The number of carbonyl (C=O) groups is 8. The van der Waals surface area contributed by atoms with Gasteiger partial charge in [-0.25, -0.2) is 9.78 Å². The lowest BCUT2D eigenvalue weighted by atomic mass is 10.0. The number of aliphatic hydroxyl groups excluding tert-OH is 1. The molecular weight excluding hydrogens is 762 g/mol. The predicted molar refractivity (Wildman–Crippen MR) is 209 cm³/mol. The minimum atomic E-state index is -1.44. The van der Waals surface area contributed by atoms with Crippen LogP contribution in [0.15, 0.2) is 12.5 Å². The fourth-order valence-corrected chi connectivity index (χ4v) is 5.27. The van der Waals surface area contributed by atoms with E-state index in [1.165, 1.54) is 26.4 Å². The average Bonchev–Trinajstić information content (AvgIpc) is 3.65. The zero-order chi connectivity index (χ0) is 44.1. The number of carbonyl (C=O) groups excluding carboxylic acids is 7. The molecule has 0 bridgehead atoms. The number of amides is 7. The second-order valence-electron chi connectivity index (χ2n) is 14.6. The quantitative estimate of drug-likeness (QED) is 0.0239. The van der Waals surface area contributed by atoms with Gasteiger partial charge in [0.25, 0.3) is 0 Å². The van der Waals surface area contributed by atoms with E-state index in [0.29, 0.717) is 5.69 Å². The SMILES string of the molecule is CC(C)C[C@H](NC(=O)CNC(=O)[C@H](CC(C)C)NC(=O)[C@H](Cc1c[nH]cn1)NC(=O)[C@H](CO)NC(=O)[C@H](C)N)C(=O)N[C@@H](C)C(=O)N[C@@H](CCCNC(=N)N)C(=O)O. The molecule has 23 nitrogen and oxygen atoms in total. The lowest BCUT2D eigenvalue weighted by Crippen LogP contribution is -2.59. The summed E-state index contributed by atoms with van der Waals surface area (Å²) in [4.78, 5) is 110. The molecule has 0 aliphatic heterocycles. The number of guanidine groups is 1. The minimum Gasteiger partial charge on any atom is -0.480 e. The molecule has 7 atom stereocenters. The molecule has 0 saturated carbocycles. The number of imidazole rings is 1. The highest BCUT2D eigenvalue weighted by Gasteiger charge is 2.32. The van der Waals surface area contributed by atoms with Gasteiger partial charge in [-0.05, 0) is 51.4 Å². The number of hydrogen-bond acceptors (Lipinski definition) is 12. The third-order valence-electron chi connectivity index (χ3n) is 8.30. The second-order valence-corrected chi connectivity index (χ2v) is 14.6. The molecular formula is C35H61N13O10. The topological polar surface area (TPSA) is 378 Å². The predicted octanol–water partition coefficient (Wildman–Crippen LogP) is -4.22. The zero-order valence-electron chi connectivity index (χ0n) is 33.8. The van der Waals surface area contributed by atoms with Crippen LogP contribution in [-0.4, -0.2) is 135 Å². The van der Waals surface area contributed by atoms with Crippen molar-refractivity contribution < 1.29 is 48.6 Å². The Morgan fingerprint density at radius 1 is 0.724 bits per heavy atom. The van der Waals surface area contributed by atoms with Crippen LogP contribution in [0.4, 0.5) is 0 Å². The average molecular weight is 824 g/mol. The molecule has 1 heterocycles. The minimum absolute atomic E-state index is 0.0185. The van der Waals surface area contributed by atoms with Crippen molar-refractivity contribution in [1.82, 2.24) is 52.5 Å². The van der Waals surface area contributed by atoms with Crippen LogP contribution in [0.1, 0.15) is 72.9 Å². The molecule has 16 N–H and O–H groups in total. The standard InChI is InChI=1S/C35H61N13O10/c1-17(2)10-23(46-32(55)25(12-21-13-39-16-42-21)47-33(56)26(15-49)48-28(51)19(5)36)30(53)41-14-27(50)44-24(11-18(3)4)31(54)43-20(6)29(52)45-22(34(57)58)8-7-9-40-35(37)38/h13,16-20,22-26,49H,7-12,14-15,36H2,1-6H3,(H,39,42)(H,41,53)(H,43,54)(H,44,50)(H,45,52)(H,46,55)(H,47,56)(H,48,51)(H,57,58)(H4,37,38,40)/t19-,20-,22-,23-,24-,25-,26-/m0/s1. The van der Waals surface area contributed by atoms with Crippen LogP contribution < -0.4 is 54.0 Å². The van der Waals surface area contributed by atoms with Crippen LogP contribution in [0.2, 0.25) is 0 Å². The lowest BCUT2D eigenvalue weighted by molar-refractivity contribution is -0.142. The third kappa shape index (κ3) is 19.3. The Morgan fingerprint density at radius 3 is 1.78 bits per heavy atom. The number of aliphatic hydroxyl groups is 1. The summed E-state index contributed by atoms with van der Waals surface area (Å²) in [7, 11) is 0. The van der Waals surface area contributed by atoms with Gasteiger partial charge in [-0.2, -0.15) is 0 Å². The molecule has 0 unspecified atom stereocenters. The molecule has 1 aromatic rings. The molecule has 0 fully saturated rings. The van der Waals surface area contributed by atoms with Crippen LogP contribution >= 0.6 is 0 Å². The Bertz CT molecular complexity index is 1550. The van der Waals surface area contributed by atoms with Crippen LogP contribution in [0.5, 0.6) is 0 Å². The molecule has 0 radical (unpaired) electrons. The summed E-state index contributed by atoms with van der Waals surface area (Å²) in [6.45, 7) is 8.71. The van der Waals surface area contributed by atoms with Gasteiger partial charge < -0.3 is 69.2 Å². The van der Waals surface area contributed by atoms with Crippen molar-refractivity contribution in [2.24, 2.45) is 23.3 Å². The summed E-state index contributed by atoms with van der Waals surface area (Å²) in [5.41, 5.74) is 11.1. The number of nitrogens with one attached hydrogen (secondary N) is 10. The van der Waals surface area contributed by atoms with Crippen molar-refractivity contribution in [2.75, 3.05) is 19.7 Å². The molecule has 326 valence electrons. The highest BCUT2D eigenvalue weighted by atomic mass is 16.4. The number of carboxylic acid groups (broad SMARTS) is 1. The van der Waals surface area contributed by atoms with E-state index in [4.69, 9.17) is 16.9 Å². The first-order chi connectivity index (χ1) is 27.1. The monoisotopic (exact) mass is 823 g/mol. The van der Waals surface area contributed by atoms with E-state index in [9.17, 15) is 48.6 Å². The van der Waals surface area contributed by atoms with Gasteiger partial charge in [-0.3, -0.25) is 39.0 Å². The number of aliphatic carboxylic acids is 1. The van der Waals surface area contributed by atoms with E-state index in [1.54, 1.807) is 27.7 Å². The van der Waals surface area contributed by atoms with Crippen molar-refractivity contribution in [3.63, 3.8) is 0 Å². The van der Waals surface area contributed by atoms with E-state index in [0.717, 1.165) is 0 Å². The summed E-state index contributed by atoms with van der Waals surface area (Å²) < 4.78 is 0. The summed E-state index contributed by atoms with van der Waals surface area (Å²) in [6.07, 6.45) is 3.25. The number of aromatic nitrogens is 2. The molecule has 0 aromatic carbocycles. The lowest BCUT2D eigenvalue weighted by Gasteiger charge is -2.26. The first kappa shape index (κ1) is 50.2. The third-order valence-corrected chi connectivity index (χ3v) is 8.30. The van der Waals surface area contributed by atoms with Gasteiger partial charge in [0.05, 0.1) is 31.2 Å². The van der Waals surface area contributed by atoms with E-state index in [2.05, 4.69) is 52.5 Å². The van der Waals surface area contributed by atoms with Gasteiger partial charge in [0.1, 0.15) is 36.3 Å². The number of nitrogens with zero attached hydrogens (tertiary/aromatic N) is 1. The van der Waals surface area contributed by atoms with Crippen molar-refractivity contribution in [1.29, 1.82) is 5.41 Å². The van der Waals surface area contributed by atoms with Gasteiger partial charge in [0.15, 0.2) is 5.96 Å². The van der Waals surface area contributed by atoms with Crippen LogP contribution in [0.25, 0.3) is 0 Å². The highest BCUT2D eigenvalue weighted by Crippen LogP contribution is 2.09. The van der Waals surface area contributed by atoms with Crippen molar-refractivity contribution in [3.8, 4) is 0 Å². The smallest absolute Gasteiger partial charge is 0.326 e. The van der Waals surface area contributed by atoms with Crippen molar-refractivity contribution in [3.05, 3.63) is 18.2 Å². The normalized spacial score (nSPS) is 14.7. The fourth-order valence-electron chi connectivity index (χ4n) is 5.27. The second kappa shape index (κ2) is 25.4. The number of nitrogens with two attached hydrogens (primary N) is 2. The maximum atomic E-state index is 13.6. The zero-order valence-corrected chi connectivity index (χ0v) is 33.8. The molecule has 58 heavy (non-hydrogen) atoms. The Labute approximate surface area is 336 Å². The number of carboxylic acids is 1. The largest absolute Gasteiger partial charge is 0.480 e. The summed E-state index contributed by atoms with van der Waals surface area (Å²) in [6, 6.07) is -8.56. The Kier molecular flexibility index (Phi) is 22.0. The molecule has 23 heteroatoms. The van der Waals surface area contributed by atoms with E-state index >= 15 is 0 Å². The van der Waals surface area contributed by atoms with E-state index in [-0.39, 0.29) is 56.4 Å². The van der Waals surface area contributed by atoms with Crippen molar-refractivity contribution >= 4 is 53.3 Å². The highest BCUT2D eigenvalue weighted by molar-refractivity contribution is 5.96. The molecule has 1 aromatic heterocycles. The number of hydrogen-bond donors (Lipinski definition) is 14. The fraction of sp³-hybridized carbons (Fsp3) is 0.657. The first-order valence-corrected chi connectivity index (χ1v) is 18.9. The van der Waals surface area contributed by atoms with Crippen LogP contribution in [0, 0.1) is 17.2 Å². The summed E-state index contributed by atoms with van der Waals surface area (Å²) in [5.74, 6) is -7.27. The molecule has 0 aliphatic rings. The molecule has 7 amide bonds. The van der Waals surface area contributed by atoms with Gasteiger partial charge in [-0.1, -0.05) is 27.7 Å². The number of rotatable bonds is 26. The van der Waals surface area contributed by atoms with Crippen LogP contribution in [0.3, 0.4) is 0 Å². The van der Waals surface area contributed by atoms with Gasteiger partial charge in [-0.15, -0.1) is 0 Å². The number of aromatic amines is 1. The molecule has 1 rings (SSSR count). The summed E-state index contributed by atoms with van der Waals surface area (Å²) in [5, 5.41) is 46.2. The Hall–Kier alpha value is -5.84. The Morgan fingerprint density at radius 2 is 1.26 bits per heavy atom. The van der Waals surface area contributed by atoms with E-state index in [1.807, 2.05) is 0 Å². The Balaban J connectivity index is 3.00. The maximum absolute atomic E-state index is 13.6. The van der Waals surface area contributed by atoms with Gasteiger partial charge in [0, 0.05) is 19.2 Å². The summed E-state index contributed by atoms with van der Waals surface area (Å²) >= 11 is 0. The molecule has 0 aliphatic carbocycles. The number of H-pyrrole nitrogens is 1. The van der Waals surface area contributed by atoms with Gasteiger partial charge >= 0.3 is 5.97 Å².